The van der Waals surface area contributed by atoms with Crippen molar-refractivity contribution in [2.75, 3.05) is 26.2 Å². The number of fused-ring (bicyclic) bond motifs is 2. The van der Waals surface area contributed by atoms with E-state index in [1.54, 1.807) is 0 Å². The minimum absolute atomic E-state index is 0. The molecule has 0 radical (unpaired) electrons. The van der Waals surface area contributed by atoms with Crippen LogP contribution in [0.5, 0.6) is 0 Å². The zero-order valence-corrected chi connectivity index (χ0v) is 21.4. The Balaban J connectivity index is 0.00000231. The number of ether oxygens (including phenoxy) is 1. The summed E-state index contributed by atoms with van der Waals surface area (Å²) in [7, 11) is 0. The third kappa shape index (κ3) is 4.36. The van der Waals surface area contributed by atoms with Crippen LogP contribution in [0.25, 0.3) is 0 Å². The van der Waals surface area contributed by atoms with Crippen LogP contribution in [-0.2, 0) is 4.74 Å². The van der Waals surface area contributed by atoms with Gasteiger partial charge in [-0.25, -0.2) is 0 Å². The minimum Gasteiger partial charge on any atom is -0.377 e. The number of nitrogens with one attached hydrogen (secondary N) is 2. The second kappa shape index (κ2) is 9.96. The number of piperidine rings is 1. The lowest BCUT2D eigenvalue weighted by atomic mass is 9.46. The molecule has 2 N–H and O–H groups in total. The maximum absolute atomic E-state index is 6.10. The monoisotopic (exact) mass is 538 g/mol. The van der Waals surface area contributed by atoms with Gasteiger partial charge in [0.25, 0.3) is 0 Å². The van der Waals surface area contributed by atoms with Gasteiger partial charge >= 0.3 is 0 Å². The maximum atomic E-state index is 6.10. The molecule has 1 aromatic carbocycles. The van der Waals surface area contributed by atoms with Gasteiger partial charge in [0, 0.05) is 55.7 Å². The second-order valence-electron chi connectivity index (χ2n) is 9.82. The summed E-state index contributed by atoms with van der Waals surface area (Å²) >= 11 is 0. The number of guanidine groups is 1. The molecule has 1 spiro atoms. The molecule has 1 aromatic rings. The van der Waals surface area contributed by atoms with Gasteiger partial charge in [-0.2, -0.15) is 0 Å². The molecule has 0 bridgehead atoms. The molecule has 2 aliphatic carbocycles. The van der Waals surface area contributed by atoms with Crippen LogP contribution in [0.4, 0.5) is 0 Å². The average molecular weight is 539 g/mol. The number of hydrogen-bond donors (Lipinski definition) is 2. The van der Waals surface area contributed by atoms with E-state index in [9.17, 15) is 0 Å². The van der Waals surface area contributed by atoms with E-state index in [0.717, 1.165) is 32.2 Å². The molecule has 2 aliphatic heterocycles. The third-order valence-corrected chi connectivity index (χ3v) is 8.34. The van der Waals surface area contributed by atoms with Crippen LogP contribution in [0, 0.1) is 11.3 Å². The van der Waals surface area contributed by atoms with Crippen LogP contribution < -0.4 is 10.6 Å². The highest BCUT2D eigenvalue weighted by Crippen LogP contribution is 2.62. The summed E-state index contributed by atoms with van der Waals surface area (Å²) in [6.45, 7) is 8.51. The first-order valence-electron chi connectivity index (χ1n) is 12.2. The number of halogens is 1. The molecular formula is C25H39IN4O. The third-order valence-electron chi connectivity index (χ3n) is 8.34. The van der Waals surface area contributed by atoms with Gasteiger partial charge in [-0.3, -0.25) is 9.89 Å². The van der Waals surface area contributed by atoms with Gasteiger partial charge in [0.1, 0.15) is 0 Å². The van der Waals surface area contributed by atoms with Gasteiger partial charge < -0.3 is 15.4 Å². The molecule has 2 saturated carbocycles. The maximum Gasteiger partial charge on any atom is 0.191 e. The number of rotatable bonds is 5. The second-order valence-corrected chi connectivity index (χ2v) is 9.82. The van der Waals surface area contributed by atoms with Crippen LogP contribution in [0.1, 0.15) is 64.0 Å². The zero-order chi connectivity index (χ0) is 20.6. The Bertz CT molecular complexity index is 745. The van der Waals surface area contributed by atoms with Crippen LogP contribution in [0.3, 0.4) is 0 Å². The van der Waals surface area contributed by atoms with Crippen molar-refractivity contribution in [2.45, 2.75) is 76.6 Å². The Hall–Kier alpha value is -0.860. The Labute approximate surface area is 204 Å². The number of hydrogen-bond acceptors (Lipinski definition) is 3. The van der Waals surface area contributed by atoms with E-state index in [-0.39, 0.29) is 24.0 Å². The molecule has 2 saturated heterocycles. The molecule has 0 aromatic heterocycles. The van der Waals surface area contributed by atoms with E-state index >= 15 is 0 Å². The number of aliphatic imine (C=N–C) groups is 1. The number of likely N-dealkylation sites (tertiary alicyclic amines) is 1. The van der Waals surface area contributed by atoms with Gasteiger partial charge in [0.05, 0.1) is 6.10 Å². The first kappa shape index (κ1) is 23.3. The molecular weight excluding hydrogens is 499 g/mol. The van der Waals surface area contributed by atoms with Crippen molar-refractivity contribution < 1.29 is 4.74 Å². The molecule has 5 nitrogen and oxygen atoms in total. The van der Waals surface area contributed by atoms with Crippen molar-refractivity contribution >= 4 is 29.9 Å². The summed E-state index contributed by atoms with van der Waals surface area (Å²) in [5.74, 6) is 1.72. The lowest BCUT2D eigenvalue weighted by Gasteiger charge is -2.63. The van der Waals surface area contributed by atoms with Crippen molar-refractivity contribution in [1.29, 1.82) is 0 Å². The Morgan fingerprint density at radius 2 is 1.90 bits per heavy atom. The summed E-state index contributed by atoms with van der Waals surface area (Å²) in [5.41, 5.74) is 1.81. The average Bonchev–Trinajstić information content (AvgIpc) is 3.16. The highest BCUT2D eigenvalue weighted by Gasteiger charge is 2.66. The summed E-state index contributed by atoms with van der Waals surface area (Å²) in [4.78, 5) is 7.44. The first-order chi connectivity index (χ1) is 14.7. The van der Waals surface area contributed by atoms with E-state index in [4.69, 9.17) is 9.73 Å². The summed E-state index contributed by atoms with van der Waals surface area (Å²) < 4.78 is 6.10. The Morgan fingerprint density at radius 3 is 2.55 bits per heavy atom. The van der Waals surface area contributed by atoms with E-state index < -0.39 is 0 Å². The molecule has 31 heavy (non-hydrogen) atoms. The van der Waals surface area contributed by atoms with E-state index in [1.807, 2.05) is 0 Å². The molecule has 4 aliphatic rings. The molecule has 2 heterocycles. The number of nitrogens with zero attached hydrogens (tertiary/aromatic N) is 2. The van der Waals surface area contributed by atoms with Gasteiger partial charge in [-0.1, -0.05) is 36.8 Å². The quantitative estimate of drug-likeness (QED) is 0.333. The molecule has 172 valence electrons. The van der Waals surface area contributed by atoms with Crippen LogP contribution in [0.15, 0.2) is 35.3 Å². The van der Waals surface area contributed by atoms with Crippen LogP contribution in [0.2, 0.25) is 0 Å². The van der Waals surface area contributed by atoms with Gasteiger partial charge in [-0.05, 0) is 51.5 Å². The summed E-state index contributed by atoms with van der Waals surface area (Å²) in [6, 6.07) is 12.4. The molecule has 4 atom stereocenters. The van der Waals surface area contributed by atoms with Crippen LogP contribution in [-0.4, -0.2) is 55.3 Å². The smallest absolute Gasteiger partial charge is 0.191 e. The fourth-order valence-corrected chi connectivity index (χ4v) is 6.46. The van der Waals surface area contributed by atoms with Crippen molar-refractivity contribution in [3.63, 3.8) is 0 Å². The fraction of sp³-hybridized carbons (Fsp3) is 0.720. The normalized spacial score (nSPS) is 31.2. The van der Waals surface area contributed by atoms with E-state index in [0.29, 0.717) is 35.6 Å². The highest BCUT2D eigenvalue weighted by atomic mass is 127. The zero-order valence-electron chi connectivity index (χ0n) is 19.1. The first-order valence-corrected chi connectivity index (χ1v) is 12.2. The number of benzene rings is 1. The Kier molecular flexibility index (Phi) is 7.48. The van der Waals surface area contributed by atoms with E-state index in [2.05, 4.69) is 59.7 Å². The van der Waals surface area contributed by atoms with Crippen molar-refractivity contribution in [3.8, 4) is 0 Å². The van der Waals surface area contributed by atoms with Crippen molar-refractivity contribution in [2.24, 2.45) is 16.3 Å². The lowest BCUT2D eigenvalue weighted by Crippen LogP contribution is -2.72. The standard InChI is InChI=1S/C25H38N4O.HI/c1-3-26-24(28-22-21-12-17-30-23(21)25(22)13-7-14-25)27-20-10-15-29(16-11-20)18(2)19-8-5-4-6-9-19;/h4-6,8-9,18,20-23H,3,7,10-17H2,1-2H3,(H2,26,27,28);1H. The predicted molar refractivity (Wildman–Crippen MR) is 137 cm³/mol. The summed E-state index contributed by atoms with van der Waals surface area (Å²) in [6.07, 6.45) is 8.06. The molecule has 4 unspecified atom stereocenters. The topological polar surface area (TPSA) is 48.9 Å². The highest BCUT2D eigenvalue weighted by molar-refractivity contribution is 14.0. The molecule has 5 rings (SSSR count). The molecule has 6 heteroatoms. The largest absolute Gasteiger partial charge is 0.377 e. The van der Waals surface area contributed by atoms with Gasteiger partial charge in [-0.15, -0.1) is 24.0 Å². The lowest BCUT2D eigenvalue weighted by molar-refractivity contribution is -0.171. The molecule has 0 amide bonds. The van der Waals surface area contributed by atoms with Crippen molar-refractivity contribution in [1.82, 2.24) is 15.5 Å². The Morgan fingerprint density at radius 1 is 1.16 bits per heavy atom. The molecule has 4 fully saturated rings. The summed E-state index contributed by atoms with van der Waals surface area (Å²) in [5, 5.41) is 7.66. The van der Waals surface area contributed by atoms with Gasteiger partial charge in [0.2, 0.25) is 0 Å². The van der Waals surface area contributed by atoms with E-state index in [1.165, 1.54) is 44.1 Å². The minimum atomic E-state index is 0. The van der Waals surface area contributed by atoms with Crippen LogP contribution >= 0.6 is 24.0 Å². The predicted octanol–water partition coefficient (Wildman–Crippen LogP) is 4.34. The fourth-order valence-electron chi connectivity index (χ4n) is 6.46. The van der Waals surface area contributed by atoms with Crippen molar-refractivity contribution in [3.05, 3.63) is 35.9 Å². The SMILES string of the molecule is CCN=C(NC1CCN(C(C)c2ccccc2)CC1)NC1C2CCOC2C12CCC2.I. The van der Waals surface area contributed by atoms with Gasteiger partial charge in [0.15, 0.2) is 5.96 Å².